The molecule has 0 amide bonds. The Morgan fingerprint density at radius 1 is 1.26 bits per heavy atom. The van der Waals surface area contributed by atoms with Crippen LogP contribution in [0.25, 0.3) is 0 Å². The molecule has 0 bridgehead atoms. The average molecular weight is 321 g/mol. The average Bonchev–Trinajstić information content (AvgIpc) is 2.14. The van der Waals surface area contributed by atoms with Gasteiger partial charge >= 0.3 is 41.5 Å². The van der Waals surface area contributed by atoms with Gasteiger partial charge in [0.15, 0.2) is 0 Å². The van der Waals surface area contributed by atoms with Crippen LogP contribution in [0, 0.1) is 5.92 Å². The van der Waals surface area contributed by atoms with Crippen LogP contribution in [0.3, 0.4) is 0 Å². The van der Waals surface area contributed by atoms with Crippen LogP contribution in [0.2, 0.25) is 0 Å². The van der Waals surface area contributed by atoms with Crippen molar-refractivity contribution in [2.24, 2.45) is 11.7 Å². The molecule has 0 heterocycles. The van der Waals surface area contributed by atoms with E-state index in [1.54, 1.807) is 13.8 Å². The van der Waals surface area contributed by atoms with E-state index in [-0.39, 0.29) is 35.5 Å². The summed E-state index contributed by atoms with van der Waals surface area (Å²) in [5.41, 5.74) is 5.16. The zero-order valence-electron chi connectivity index (χ0n) is 10.9. The van der Waals surface area contributed by atoms with E-state index < -0.39 is 34.4 Å². The third kappa shape index (κ3) is 12.8. The van der Waals surface area contributed by atoms with Gasteiger partial charge in [-0.1, -0.05) is 13.8 Å². The fourth-order valence-electron chi connectivity index (χ4n) is 0.568. The number of aliphatic carboxylic acids is 3. The zero-order valence-corrected chi connectivity index (χ0v) is 14.6. The second kappa shape index (κ2) is 10.8. The van der Waals surface area contributed by atoms with Crippen LogP contribution in [0.1, 0.15) is 20.3 Å². The fourth-order valence-corrected chi connectivity index (χ4v) is 0.839. The Balaban J connectivity index is -0.000000262. The van der Waals surface area contributed by atoms with Crippen LogP contribution >= 0.6 is 25.3 Å². The number of nitrogens with two attached hydrogens (primary N) is 1. The minimum absolute atomic E-state index is 0. The van der Waals surface area contributed by atoms with Crippen molar-refractivity contribution >= 4 is 43.2 Å². The molecular formula is C9H16NNaO6S2. The third-order valence-corrected chi connectivity index (χ3v) is 2.41. The summed E-state index contributed by atoms with van der Waals surface area (Å²) < 4.78 is -1.88. The quantitative estimate of drug-likeness (QED) is 0.196. The summed E-state index contributed by atoms with van der Waals surface area (Å²) in [6.45, 7) is 3.55. The first-order valence-corrected chi connectivity index (χ1v) is 5.67. The van der Waals surface area contributed by atoms with Crippen molar-refractivity contribution in [2.75, 3.05) is 0 Å². The predicted octanol–water partition coefficient (Wildman–Crippen LogP) is -4.17. The van der Waals surface area contributed by atoms with Crippen LogP contribution < -0.4 is 40.4 Å². The number of carbonyl (C=O) groups excluding carboxylic acids is 1. The molecule has 0 aliphatic heterocycles. The van der Waals surface area contributed by atoms with Crippen molar-refractivity contribution in [1.29, 1.82) is 0 Å². The number of carboxylic acids is 3. The summed E-state index contributed by atoms with van der Waals surface area (Å²) in [4.78, 5) is 30.0. The smallest absolute Gasteiger partial charge is 0.548 e. The van der Waals surface area contributed by atoms with E-state index >= 15 is 0 Å². The molecule has 0 radical (unpaired) electrons. The summed E-state index contributed by atoms with van der Waals surface area (Å²) in [6.07, 6.45) is -0.679. The van der Waals surface area contributed by atoms with Gasteiger partial charge in [0, 0.05) is 0 Å². The predicted molar refractivity (Wildman–Crippen MR) is 68.4 cm³/mol. The number of hydrogen-bond donors (Lipinski definition) is 5. The summed E-state index contributed by atoms with van der Waals surface area (Å²) in [7, 11) is 0. The molecule has 0 aromatic rings. The van der Waals surface area contributed by atoms with Gasteiger partial charge < -0.3 is 25.8 Å². The number of thiol groups is 2. The van der Waals surface area contributed by atoms with Crippen LogP contribution in [-0.2, 0) is 14.4 Å². The van der Waals surface area contributed by atoms with Crippen LogP contribution in [-0.4, -0.2) is 38.2 Å². The summed E-state index contributed by atoms with van der Waals surface area (Å²) in [6, 6.07) is -0.713. The van der Waals surface area contributed by atoms with Crippen LogP contribution in [0.4, 0.5) is 0 Å². The van der Waals surface area contributed by atoms with E-state index in [0.717, 1.165) is 0 Å². The standard InChI is InChI=1S/C5H11NO2.C4H6O4S2.Na/c1-3(2)4(6)5(7)8;5-2(6)1-4(9,10)3(7)8;/h3-4H,6H2,1-2H3,(H,7,8);9-10H,1H2,(H,5,6)(H,7,8);/q;;+1/p-1/t4-;;/m0../s1. The second-order valence-electron chi connectivity index (χ2n) is 3.78. The Labute approximate surface area is 144 Å². The Kier molecular flexibility index (Phi) is 13.7. The van der Waals surface area contributed by atoms with E-state index in [4.69, 9.17) is 15.9 Å². The molecular weight excluding hydrogens is 305 g/mol. The fraction of sp³-hybridized carbons (Fsp3) is 0.667. The summed E-state index contributed by atoms with van der Waals surface area (Å²) in [5.74, 6) is -3.80. The Hall–Kier alpha value is 0.0700. The van der Waals surface area contributed by atoms with Gasteiger partial charge in [-0.25, -0.2) is 0 Å². The van der Waals surface area contributed by atoms with Crippen molar-refractivity contribution in [2.45, 2.75) is 30.4 Å². The van der Waals surface area contributed by atoms with Crippen LogP contribution in [0.5, 0.6) is 0 Å². The normalized spacial score (nSPS) is 11.7. The van der Waals surface area contributed by atoms with Gasteiger partial charge in [0.05, 0.1) is 12.4 Å². The number of hydrogen-bond acceptors (Lipinski definition) is 7. The molecule has 4 N–H and O–H groups in total. The zero-order chi connectivity index (χ0) is 15.1. The molecule has 0 rings (SSSR count). The van der Waals surface area contributed by atoms with Gasteiger partial charge in [0.25, 0.3) is 0 Å². The molecule has 0 aliphatic rings. The molecule has 19 heavy (non-hydrogen) atoms. The Morgan fingerprint density at radius 3 is 1.68 bits per heavy atom. The van der Waals surface area contributed by atoms with Gasteiger partial charge in [-0.15, -0.1) is 0 Å². The van der Waals surface area contributed by atoms with Crippen molar-refractivity contribution in [3.8, 4) is 0 Å². The molecule has 106 valence electrons. The van der Waals surface area contributed by atoms with E-state index in [1.807, 2.05) is 0 Å². The van der Waals surface area contributed by atoms with Gasteiger partial charge in [-0.2, -0.15) is 25.3 Å². The minimum atomic E-state index is -1.88. The molecule has 0 spiro atoms. The molecule has 10 heteroatoms. The van der Waals surface area contributed by atoms with Gasteiger partial charge in [-0.05, 0) is 5.92 Å². The van der Waals surface area contributed by atoms with Gasteiger partial charge in [0.2, 0.25) is 0 Å². The molecule has 0 fully saturated rings. The van der Waals surface area contributed by atoms with E-state index in [2.05, 4.69) is 25.3 Å². The third-order valence-electron chi connectivity index (χ3n) is 1.73. The maximum atomic E-state index is 10.0. The topological polar surface area (TPSA) is 141 Å². The van der Waals surface area contributed by atoms with Crippen molar-refractivity contribution in [1.82, 2.24) is 0 Å². The summed E-state index contributed by atoms with van der Waals surface area (Å²) in [5, 5.41) is 26.4. The van der Waals surface area contributed by atoms with Crippen molar-refractivity contribution < 1.29 is 59.3 Å². The first-order chi connectivity index (χ1) is 7.91. The molecule has 0 saturated heterocycles. The van der Waals surface area contributed by atoms with E-state index in [1.165, 1.54) is 0 Å². The largest absolute Gasteiger partial charge is 1.00 e. The maximum Gasteiger partial charge on any atom is 1.00 e. The SMILES string of the molecule is CC(C)[C@H](N)C(=O)O.O=C(O)CC(S)(S)C(=O)[O-].[Na+]. The Morgan fingerprint density at radius 2 is 1.63 bits per heavy atom. The van der Waals surface area contributed by atoms with Crippen molar-refractivity contribution in [3.05, 3.63) is 0 Å². The Bertz CT molecular complexity index is 324. The minimum Gasteiger partial charge on any atom is -0.548 e. The maximum absolute atomic E-state index is 10.0. The molecule has 0 aliphatic carbocycles. The first kappa shape index (κ1) is 24.1. The van der Waals surface area contributed by atoms with Gasteiger partial charge in [-0.3, -0.25) is 9.59 Å². The number of carbonyl (C=O) groups is 3. The van der Waals surface area contributed by atoms with E-state index in [0.29, 0.717) is 0 Å². The monoisotopic (exact) mass is 321 g/mol. The summed E-state index contributed by atoms with van der Waals surface area (Å²) >= 11 is 6.88. The van der Waals surface area contributed by atoms with Gasteiger partial charge in [0.1, 0.15) is 10.1 Å². The molecule has 0 saturated carbocycles. The molecule has 0 aromatic heterocycles. The van der Waals surface area contributed by atoms with E-state index in [9.17, 15) is 19.5 Å². The molecule has 0 aromatic carbocycles. The number of rotatable bonds is 5. The second-order valence-corrected chi connectivity index (χ2v) is 5.66. The first-order valence-electron chi connectivity index (χ1n) is 4.78. The van der Waals surface area contributed by atoms with Crippen LogP contribution in [0.15, 0.2) is 0 Å². The molecule has 1 atom stereocenters. The number of carboxylic acid groups (broad SMARTS) is 3. The van der Waals surface area contributed by atoms with Crippen molar-refractivity contribution in [3.63, 3.8) is 0 Å². The molecule has 7 nitrogen and oxygen atoms in total. The molecule has 0 unspecified atom stereocenters.